The predicted octanol–water partition coefficient (Wildman–Crippen LogP) is 5.34. The molecule has 0 aliphatic carbocycles. The molecular formula is C23H25NO2. The Kier molecular flexibility index (Phi) is 5.57. The summed E-state index contributed by atoms with van der Waals surface area (Å²) >= 11 is 0. The van der Waals surface area contributed by atoms with Gasteiger partial charge in [-0.1, -0.05) is 61.0 Å². The zero-order chi connectivity index (χ0) is 18.5. The number of allylic oxidation sites excluding steroid dienone is 2. The van der Waals surface area contributed by atoms with Crippen molar-refractivity contribution in [3.05, 3.63) is 89.3 Å². The lowest BCUT2D eigenvalue weighted by atomic mass is 9.86. The van der Waals surface area contributed by atoms with Gasteiger partial charge in [-0.25, -0.2) is 4.79 Å². The van der Waals surface area contributed by atoms with E-state index in [0.717, 1.165) is 28.9 Å². The van der Waals surface area contributed by atoms with Gasteiger partial charge in [-0.15, -0.1) is 0 Å². The van der Waals surface area contributed by atoms with Crippen LogP contribution in [0.2, 0.25) is 0 Å². The van der Waals surface area contributed by atoms with E-state index in [9.17, 15) is 4.79 Å². The van der Waals surface area contributed by atoms with Crippen LogP contribution in [0.15, 0.2) is 78.1 Å². The van der Waals surface area contributed by atoms with Crippen LogP contribution in [-0.4, -0.2) is 12.6 Å². The first-order valence-electron chi connectivity index (χ1n) is 9.15. The molecule has 1 unspecified atom stereocenters. The molecule has 0 aromatic heterocycles. The molecule has 3 nitrogen and oxygen atoms in total. The van der Waals surface area contributed by atoms with E-state index in [-0.39, 0.29) is 11.9 Å². The smallest absolute Gasteiger partial charge is 0.336 e. The lowest BCUT2D eigenvalue weighted by Gasteiger charge is -2.32. The second-order valence-electron chi connectivity index (χ2n) is 6.37. The predicted molar refractivity (Wildman–Crippen MR) is 106 cm³/mol. The highest BCUT2D eigenvalue weighted by atomic mass is 16.5. The van der Waals surface area contributed by atoms with Crippen molar-refractivity contribution < 1.29 is 9.53 Å². The number of ether oxygens (including phenoxy) is 1. The van der Waals surface area contributed by atoms with Crippen molar-refractivity contribution in [2.45, 2.75) is 33.1 Å². The van der Waals surface area contributed by atoms with E-state index in [1.54, 1.807) is 0 Å². The normalized spacial score (nSPS) is 16.7. The molecular weight excluding hydrogens is 322 g/mol. The van der Waals surface area contributed by atoms with Crippen molar-refractivity contribution in [2.75, 3.05) is 11.5 Å². The molecule has 0 amide bonds. The number of hydrogen-bond donors (Lipinski definition) is 0. The SMILES string of the molecule is CCOC(=O)C1=C(CC)N(c2ccc(C)cc2)C=CC1c1ccccc1. The third-order valence-corrected chi connectivity index (χ3v) is 4.64. The molecule has 1 heterocycles. The summed E-state index contributed by atoms with van der Waals surface area (Å²) in [6, 6.07) is 18.5. The van der Waals surface area contributed by atoms with E-state index in [0.29, 0.717) is 6.61 Å². The molecule has 3 heteroatoms. The van der Waals surface area contributed by atoms with Gasteiger partial charge in [-0.3, -0.25) is 0 Å². The Balaban J connectivity index is 2.10. The van der Waals surface area contributed by atoms with E-state index in [4.69, 9.17) is 4.74 Å². The van der Waals surface area contributed by atoms with Crippen LogP contribution < -0.4 is 4.90 Å². The van der Waals surface area contributed by atoms with Crippen LogP contribution in [-0.2, 0) is 9.53 Å². The molecule has 0 saturated heterocycles. The fourth-order valence-electron chi connectivity index (χ4n) is 3.37. The van der Waals surface area contributed by atoms with Crippen LogP contribution >= 0.6 is 0 Å². The Morgan fingerprint density at radius 2 is 1.73 bits per heavy atom. The molecule has 1 atom stereocenters. The molecule has 2 aromatic carbocycles. The van der Waals surface area contributed by atoms with Gasteiger partial charge in [-0.2, -0.15) is 0 Å². The topological polar surface area (TPSA) is 29.5 Å². The summed E-state index contributed by atoms with van der Waals surface area (Å²) in [6.07, 6.45) is 4.90. The molecule has 3 rings (SSSR count). The Hall–Kier alpha value is -2.81. The quantitative estimate of drug-likeness (QED) is 0.684. The molecule has 0 radical (unpaired) electrons. The average Bonchev–Trinajstić information content (AvgIpc) is 2.68. The monoisotopic (exact) mass is 347 g/mol. The zero-order valence-electron chi connectivity index (χ0n) is 15.6. The summed E-state index contributed by atoms with van der Waals surface area (Å²) < 4.78 is 5.41. The first-order valence-corrected chi connectivity index (χ1v) is 9.15. The van der Waals surface area contributed by atoms with Crippen molar-refractivity contribution in [1.82, 2.24) is 0 Å². The standard InChI is InChI=1S/C23H25NO2/c1-4-21-22(23(25)26-5-2)20(18-9-7-6-8-10-18)15-16-24(21)19-13-11-17(3)12-14-19/h6-16,20H,4-5H2,1-3H3. The van der Waals surface area contributed by atoms with Crippen molar-refractivity contribution in [2.24, 2.45) is 0 Å². The molecule has 0 saturated carbocycles. The Morgan fingerprint density at radius 1 is 1.04 bits per heavy atom. The van der Waals surface area contributed by atoms with Crippen molar-refractivity contribution in [3.8, 4) is 0 Å². The fourth-order valence-corrected chi connectivity index (χ4v) is 3.37. The van der Waals surface area contributed by atoms with Crippen molar-refractivity contribution >= 4 is 11.7 Å². The minimum absolute atomic E-state index is 0.0908. The van der Waals surface area contributed by atoms with Crippen LogP contribution in [0.25, 0.3) is 0 Å². The minimum Gasteiger partial charge on any atom is -0.463 e. The van der Waals surface area contributed by atoms with Gasteiger partial charge in [0.15, 0.2) is 0 Å². The van der Waals surface area contributed by atoms with Crippen LogP contribution in [0.3, 0.4) is 0 Å². The third-order valence-electron chi connectivity index (χ3n) is 4.64. The number of anilines is 1. The molecule has 26 heavy (non-hydrogen) atoms. The summed E-state index contributed by atoms with van der Waals surface area (Å²) in [7, 11) is 0. The highest BCUT2D eigenvalue weighted by Crippen LogP contribution is 2.37. The average molecular weight is 347 g/mol. The number of nitrogens with zero attached hydrogens (tertiary/aromatic N) is 1. The third kappa shape index (κ3) is 3.57. The van der Waals surface area contributed by atoms with E-state index < -0.39 is 0 Å². The van der Waals surface area contributed by atoms with Crippen molar-refractivity contribution in [1.29, 1.82) is 0 Å². The first kappa shape index (κ1) is 18.0. The van der Waals surface area contributed by atoms with Crippen LogP contribution in [0.5, 0.6) is 0 Å². The molecule has 0 spiro atoms. The molecule has 2 aromatic rings. The molecule has 0 N–H and O–H groups in total. The second-order valence-corrected chi connectivity index (χ2v) is 6.37. The summed E-state index contributed by atoms with van der Waals surface area (Å²) in [5.41, 5.74) is 5.08. The number of hydrogen-bond acceptors (Lipinski definition) is 3. The van der Waals surface area contributed by atoms with Gasteiger partial charge in [0.1, 0.15) is 0 Å². The van der Waals surface area contributed by atoms with Gasteiger partial charge < -0.3 is 9.64 Å². The van der Waals surface area contributed by atoms with E-state index in [1.807, 2.05) is 25.1 Å². The lowest BCUT2D eigenvalue weighted by molar-refractivity contribution is -0.138. The van der Waals surface area contributed by atoms with Gasteiger partial charge >= 0.3 is 5.97 Å². The second kappa shape index (κ2) is 8.05. The maximum Gasteiger partial charge on any atom is 0.336 e. The van der Waals surface area contributed by atoms with Crippen molar-refractivity contribution in [3.63, 3.8) is 0 Å². The Labute approximate surface area is 155 Å². The molecule has 1 aliphatic rings. The minimum atomic E-state index is -0.236. The highest BCUT2D eigenvalue weighted by molar-refractivity contribution is 5.93. The molecule has 1 aliphatic heterocycles. The number of aryl methyl sites for hydroxylation is 1. The molecule has 0 fully saturated rings. The van der Waals surface area contributed by atoms with E-state index in [2.05, 4.69) is 67.4 Å². The number of esters is 1. The zero-order valence-corrected chi connectivity index (χ0v) is 15.6. The largest absolute Gasteiger partial charge is 0.463 e. The van der Waals surface area contributed by atoms with Gasteiger partial charge in [0.25, 0.3) is 0 Å². The van der Waals surface area contributed by atoms with Crippen LogP contribution in [0.1, 0.15) is 37.3 Å². The summed E-state index contributed by atoms with van der Waals surface area (Å²) in [5, 5.41) is 0. The number of benzene rings is 2. The maximum atomic E-state index is 12.8. The number of carbonyl (C=O) groups is 1. The molecule has 134 valence electrons. The highest BCUT2D eigenvalue weighted by Gasteiger charge is 2.30. The Bertz CT molecular complexity index is 819. The van der Waals surface area contributed by atoms with E-state index >= 15 is 0 Å². The summed E-state index contributed by atoms with van der Waals surface area (Å²) in [5.74, 6) is -0.327. The van der Waals surface area contributed by atoms with Gasteiger partial charge in [0.05, 0.1) is 12.2 Å². The van der Waals surface area contributed by atoms with E-state index in [1.165, 1.54) is 5.56 Å². The van der Waals surface area contributed by atoms with Gasteiger partial charge in [-0.05, 0) is 38.0 Å². The van der Waals surface area contributed by atoms with Gasteiger partial charge in [0, 0.05) is 23.5 Å². The Morgan fingerprint density at radius 3 is 2.35 bits per heavy atom. The number of rotatable bonds is 5. The summed E-state index contributed by atoms with van der Waals surface area (Å²) in [4.78, 5) is 14.9. The van der Waals surface area contributed by atoms with Crippen LogP contribution in [0, 0.1) is 6.92 Å². The van der Waals surface area contributed by atoms with Gasteiger partial charge in [0.2, 0.25) is 0 Å². The first-order chi connectivity index (χ1) is 12.7. The maximum absolute atomic E-state index is 12.8. The van der Waals surface area contributed by atoms with Crippen LogP contribution in [0.4, 0.5) is 5.69 Å². The number of carbonyl (C=O) groups excluding carboxylic acids is 1. The molecule has 0 bridgehead atoms. The fraction of sp³-hybridized carbons (Fsp3) is 0.261. The summed E-state index contributed by atoms with van der Waals surface area (Å²) in [6.45, 7) is 6.37. The lowest BCUT2D eigenvalue weighted by Crippen LogP contribution is -2.27.